The second-order valence-electron chi connectivity index (χ2n) is 7.12. The predicted octanol–water partition coefficient (Wildman–Crippen LogP) is 6.99. The molecule has 0 N–H and O–H groups in total. The smallest absolute Gasteiger partial charge is 0.416 e. The Kier molecular flexibility index (Phi) is 7.73. The molecule has 0 aromatic heterocycles. The van der Waals surface area contributed by atoms with E-state index in [2.05, 4.69) is 0 Å². The summed E-state index contributed by atoms with van der Waals surface area (Å²) in [6, 6.07) is 13.6. The summed E-state index contributed by atoms with van der Waals surface area (Å²) in [6.07, 6.45) is -2.93. The molecule has 0 atom stereocenters. The van der Waals surface area contributed by atoms with Crippen LogP contribution in [0.5, 0.6) is 11.5 Å². The Labute approximate surface area is 202 Å². The van der Waals surface area contributed by atoms with E-state index in [9.17, 15) is 28.1 Å². The highest BCUT2D eigenvalue weighted by Gasteiger charge is 2.31. The lowest BCUT2D eigenvalue weighted by Gasteiger charge is -2.18. The van der Waals surface area contributed by atoms with Crippen molar-refractivity contribution in [3.05, 3.63) is 86.9 Å². The fraction of sp³-hybridized carbons (Fsp3) is 0.174. The summed E-state index contributed by atoms with van der Waals surface area (Å²) in [4.78, 5) is 26.1. The quantitative estimate of drug-likeness (QED) is 0.195. The molecule has 11 heteroatoms. The van der Waals surface area contributed by atoms with Gasteiger partial charge in [0.05, 0.1) is 21.9 Å². The number of carbonyl (C=O) groups excluding carboxylic acids is 1. The van der Waals surface area contributed by atoms with Crippen molar-refractivity contribution >= 4 is 40.6 Å². The van der Waals surface area contributed by atoms with Gasteiger partial charge in [0.1, 0.15) is 11.5 Å². The van der Waals surface area contributed by atoms with Gasteiger partial charge >= 0.3 is 6.18 Å². The van der Waals surface area contributed by atoms with E-state index in [1.165, 1.54) is 23.1 Å². The normalized spacial score (nSPS) is 11.2. The van der Waals surface area contributed by atoms with Crippen LogP contribution < -0.4 is 9.64 Å². The van der Waals surface area contributed by atoms with Gasteiger partial charge in [-0.25, -0.2) is 0 Å². The molecule has 3 aromatic carbocycles. The maximum Gasteiger partial charge on any atom is 0.416 e. The minimum atomic E-state index is -4.56. The Balaban J connectivity index is 1.84. The molecule has 34 heavy (non-hydrogen) atoms. The molecule has 0 unspecified atom stereocenters. The lowest BCUT2D eigenvalue weighted by atomic mass is 10.1. The Bertz CT molecular complexity index is 1220. The zero-order valence-corrected chi connectivity index (χ0v) is 19.5. The fourth-order valence-electron chi connectivity index (χ4n) is 3.06. The van der Waals surface area contributed by atoms with Crippen LogP contribution in [0.15, 0.2) is 65.6 Å². The van der Waals surface area contributed by atoms with Gasteiger partial charge in [-0.15, -0.1) is 11.8 Å². The van der Waals surface area contributed by atoms with Crippen LogP contribution in [0.3, 0.4) is 0 Å². The highest BCUT2D eigenvalue weighted by atomic mass is 35.5. The number of rotatable bonds is 7. The highest BCUT2D eigenvalue weighted by molar-refractivity contribution is 7.98. The first-order valence-electron chi connectivity index (χ1n) is 9.72. The van der Waals surface area contributed by atoms with Crippen molar-refractivity contribution in [3.63, 3.8) is 0 Å². The van der Waals surface area contributed by atoms with Crippen LogP contribution in [0.2, 0.25) is 5.02 Å². The van der Waals surface area contributed by atoms with Gasteiger partial charge in [-0.2, -0.15) is 13.2 Å². The Hall–Kier alpha value is -3.24. The Morgan fingerprint density at radius 3 is 2.35 bits per heavy atom. The van der Waals surface area contributed by atoms with Gasteiger partial charge in [-0.05, 0) is 60.9 Å². The first-order valence-corrected chi connectivity index (χ1v) is 11.3. The fourth-order valence-corrected chi connectivity index (χ4v) is 3.69. The van der Waals surface area contributed by atoms with E-state index in [1.807, 2.05) is 18.4 Å². The summed E-state index contributed by atoms with van der Waals surface area (Å²) in [7, 11) is 1.56. The first kappa shape index (κ1) is 25.4. The van der Waals surface area contributed by atoms with Gasteiger partial charge in [0.25, 0.3) is 5.69 Å². The standard InChI is InChI=1S/C23H18ClF3N2O4S/c1-28(16-4-7-18(34-2)8-5-16)22(30)12-14-11-17(6-9-20(14)29(31)32)33-21-10-3-15(13-19(21)24)23(25,26)27/h3-11,13H,12H2,1-2H3. The lowest BCUT2D eigenvalue weighted by molar-refractivity contribution is -0.385. The van der Waals surface area contributed by atoms with Crippen LogP contribution >= 0.6 is 23.4 Å². The minimum absolute atomic E-state index is 0.0631. The van der Waals surface area contributed by atoms with Crippen molar-refractivity contribution in [2.45, 2.75) is 17.5 Å². The summed E-state index contributed by atoms with van der Waals surface area (Å²) in [5, 5.41) is 11.2. The van der Waals surface area contributed by atoms with Crippen LogP contribution in [-0.2, 0) is 17.4 Å². The maximum atomic E-state index is 12.8. The SMILES string of the molecule is CSc1ccc(N(C)C(=O)Cc2cc(Oc3ccc(C(F)(F)F)cc3Cl)ccc2[N+](=O)[O-])cc1. The van der Waals surface area contributed by atoms with Crippen LogP contribution in [0.1, 0.15) is 11.1 Å². The number of hydrogen-bond donors (Lipinski definition) is 0. The zero-order valence-electron chi connectivity index (χ0n) is 17.9. The third-order valence-corrected chi connectivity index (χ3v) is 5.95. The molecule has 0 aliphatic heterocycles. The molecule has 0 saturated heterocycles. The van der Waals surface area contributed by atoms with Crippen LogP contribution in [0, 0.1) is 10.1 Å². The third-order valence-electron chi connectivity index (χ3n) is 4.91. The second kappa shape index (κ2) is 10.4. The molecule has 3 rings (SSSR count). The average molecular weight is 511 g/mol. The maximum absolute atomic E-state index is 12.8. The van der Waals surface area contributed by atoms with Gasteiger partial charge in [0.2, 0.25) is 5.91 Å². The number of halogens is 4. The van der Waals surface area contributed by atoms with Crippen molar-refractivity contribution in [1.82, 2.24) is 0 Å². The van der Waals surface area contributed by atoms with E-state index in [1.54, 1.807) is 30.9 Å². The van der Waals surface area contributed by atoms with E-state index >= 15 is 0 Å². The molecule has 1 amide bonds. The number of benzene rings is 3. The molecular weight excluding hydrogens is 493 g/mol. The molecule has 6 nitrogen and oxygen atoms in total. The number of ether oxygens (including phenoxy) is 1. The number of nitrogens with zero attached hydrogens (tertiary/aromatic N) is 2. The number of alkyl halides is 3. The molecule has 178 valence electrons. The predicted molar refractivity (Wildman–Crippen MR) is 125 cm³/mol. The minimum Gasteiger partial charge on any atom is -0.456 e. The summed E-state index contributed by atoms with van der Waals surface area (Å²) in [5.41, 5.74) is -0.517. The summed E-state index contributed by atoms with van der Waals surface area (Å²) >= 11 is 7.48. The molecule has 0 aliphatic carbocycles. The molecule has 0 fully saturated rings. The monoisotopic (exact) mass is 510 g/mol. The van der Waals surface area contributed by atoms with Crippen LogP contribution in [0.25, 0.3) is 0 Å². The number of amides is 1. The second-order valence-corrected chi connectivity index (χ2v) is 8.41. The molecule has 0 aliphatic rings. The molecule has 0 saturated carbocycles. The van der Waals surface area contributed by atoms with Crippen molar-refractivity contribution in [3.8, 4) is 11.5 Å². The highest BCUT2D eigenvalue weighted by Crippen LogP contribution is 2.37. The Morgan fingerprint density at radius 1 is 1.12 bits per heavy atom. The zero-order chi connectivity index (χ0) is 25.0. The number of nitro benzene ring substituents is 1. The van der Waals surface area contributed by atoms with E-state index < -0.39 is 22.6 Å². The van der Waals surface area contributed by atoms with Gasteiger partial charge in [-0.1, -0.05) is 11.6 Å². The molecule has 0 radical (unpaired) electrons. The van der Waals surface area contributed by atoms with Crippen LogP contribution in [-0.4, -0.2) is 24.1 Å². The first-order chi connectivity index (χ1) is 16.0. The van der Waals surface area contributed by atoms with Crippen molar-refractivity contribution in [2.75, 3.05) is 18.2 Å². The average Bonchev–Trinajstić information content (AvgIpc) is 2.79. The number of thioether (sulfide) groups is 1. The van der Waals surface area contributed by atoms with Crippen molar-refractivity contribution in [1.29, 1.82) is 0 Å². The summed E-state index contributed by atoms with van der Waals surface area (Å²) in [5.74, 6) is -0.376. The van der Waals surface area contributed by atoms with E-state index in [0.29, 0.717) is 5.69 Å². The van der Waals surface area contributed by atoms with E-state index in [0.717, 1.165) is 23.1 Å². The van der Waals surface area contributed by atoms with E-state index in [4.69, 9.17) is 16.3 Å². The van der Waals surface area contributed by atoms with Gasteiger partial charge in [-0.3, -0.25) is 14.9 Å². The van der Waals surface area contributed by atoms with Gasteiger partial charge in [0.15, 0.2) is 0 Å². The Morgan fingerprint density at radius 2 is 1.79 bits per heavy atom. The summed E-state index contributed by atoms with van der Waals surface area (Å²) in [6.45, 7) is 0. The van der Waals surface area contributed by atoms with Gasteiger partial charge in [0, 0.05) is 29.3 Å². The number of anilines is 1. The number of likely N-dealkylation sites (N-methyl/N-ethyl adjacent to an activating group) is 1. The molecule has 3 aromatic rings. The topological polar surface area (TPSA) is 72.7 Å². The van der Waals surface area contributed by atoms with Crippen molar-refractivity contribution in [2.24, 2.45) is 0 Å². The van der Waals surface area contributed by atoms with Gasteiger partial charge < -0.3 is 9.64 Å². The number of carbonyl (C=O) groups is 1. The molecule has 0 spiro atoms. The molecule has 0 bridgehead atoms. The largest absolute Gasteiger partial charge is 0.456 e. The lowest BCUT2D eigenvalue weighted by Crippen LogP contribution is -2.28. The molecule has 0 heterocycles. The van der Waals surface area contributed by atoms with E-state index in [-0.39, 0.29) is 34.2 Å². The van der Waals surface area contributed by atoms with Crippen molar-refractivity contribution < 1.29 is 27.6 Å². The summed E-state index contributed by atoms with van der Waals surface area (Å²) < 4.78 is 44.1. The van der Waals surface area contributed by atoms with Crippen LogP contribution in [0.4, 0.5) is 24.5 Å². The molecular formula is C23H18ClF3N2O4S. The number of hydrogen-bond acceptors (Lipinski definition) is 5. The third kappa shape index (κ3) is 6.00. The number of nitro groups is 1.